The van der Waals surface area contributed by atoms with Crippen LogP contribution in [0.5, 0.6) is 0 Å². The Balaban J connectivity index is 1.70. The molecule has 2 heterocycles. The minimum Gasteiger partial charge on any atom is -0.378 e. The molecule has 3 aromatic rings. The lowest BCUT2D eigenvalue weighted by Gasteiger charge is -2.22. The molecule has 4 heteroatoms. The summed E-state index contributed by atoms with van der Waals surface area (Å²) < 4.78 is 0. The number of hydrazone groups is 1. The fourth-order valence-corrected chi connectivity index (χ4v) is 3.26. The molecule has 0 saturated heterocycles. The molecule has 1 aliphatic heterocycles. The largest absolute Gasteiger partial charge is 0.378 e. The fourth-order valence-electron chi connectivity index (χ4n) is 3.26. The molecule has 4 rings (SSSR count). The maximum atomic E-state index is 4.96. The van der Waals surface area contributed by atoms with E-state index < -0.39 is 0 Å². The second-order valence-electron chi connectivity index (χ2n) is 6.64. The van der Waals surface area contributed by atoms with Crippen LogP contribution in [0.4, 0.5) is 11.4 Å². The smallest absolute Gasteiger partial charge is 0.100 e. The lowest BCUT2D eigenvalue weighted by molar-refractivity contribution is 0.686. The molecule has 0 unspecified atom stereocenters. The van der Waals surface area contributed by atoms with Gasteiger partial charge in [0.25, 0.3) is 0 Å². The first-order chi connectivity index (χ1) is 12.7. The summed E-state index contributed by atoms with van der Waals surface area (Å²) in [5, 5.41) is 7.05. The molecule has 0 N–H and O–H groups in total. The van der Waals surface area contributed by atoms with Crippen molar-refractivity contribution >= 4 is 17.1 Å². The van der Waals surface area contributed by atoms with Gasteiger partial charge >= 0.3 is 0 Å². The fraction of sp³-hybridized carbons (Fsp3) is 0.182. The third kappa shape index (κ3) is 3.18. The van der Waals surface area contributed by atoms with E-state index in [0.29, 0.717) is 0 Å². The normalized spacial score (nSPS) is 16.5. The Morgan fingerprint density at radius 3 is 2.27 bits per heavy atom. The Kier molecular flexibility index (Phi) is 4.40. The second kappa shape index (κ2) is 7.00. The zero-order valence-corrected chi connectivity index (χ0v) is 15.1. The molecular formula is C22H22N4. The Morgan fingerprint density at radius 1 is 0.885 bits per heavy atom. The second-order valence-corrected chi connectivity index (χ2v) is 6.64. The van der Waals surface area contributed by atoms with Gasteiger partial charge in [0.05, 0.1) is 17.1 Å². The maximum Gasteiger partial charge on any atom is 0.100 e. The van der Waals surface area contributed by atoms with Gasteiger partial charge in [-0.1, -0.05) is 36.4 Å². The van der Waals surface area contributed by atoms with E-state index in [9.17, 15) is 0 Å². The van der Waals surface area contributed by atoms with E-state index in [1.807, 2.05) is 36.5 Å². The van der Waals surface area contributed by atoms with E-state index in [-0.39, 0.29) is 6.04 Å². The van der Waals surface area contributed by atoms with Crippen molar-refractivity contribution in [2.24, 2.45) is 5.10 Å². The molecule has 0 aliphatic carbocycles. The molecule has 130 valence electrons. The molecule has 2 aromatic carbocycles. The maximum absolute atomic E-state index is 4.96. The molecule has 4 nitrogen and oxygen atoms in total. The van der Waals surface area contributed by atoms with Crippen LogP contribution >= 0.6 is 0 Å². The van der Waals surface area contributed by atoms with Crippen LogP contribution in [0.25, 0.3) is 0 Å². The van der Waals surface area contributed by atoms with Crippen LogP contribution < -0.4 is 9.91 Å². The van der Waals surface area contributed by atoms with Crippen LogP contribution in [-0.2, 0) is 0 Å². The molecule has 0 bridgehead atoms. The predicted octanol–water partition coefficient (Wildman–Crippen LogP) is 4.50. The van der Waals surface area contributed by atoms with Crippen LogP contribution in [0.2, 0.25) is 0 Å². The number of anilines is 2. The molecule has 0 amide bonds. The molecule has 0 saturated carbocycles. The monoisotopic (exact) mass is 342 g/mol. The summed E-state index contributed by atoms with van der Waals surface area (Å²) in [6.45, 7) is 0. The number of nitrogens with zero attached hydrogens (tertiary/aromatic N) is 4. The minimum absolute atomic E-state index is 0.113. The number of benzene rings is 2. The van der Waals surface area contributed by atoms with Gasteiger partial charge in [0.1, 0.15) is 6.04 Å². The van der Waals surface area contributed by atoms with E-state index in [4.69, 9.17) is 5.10 Å². The molecule has 1 aliphatic rings. The minimum atomic E-state index is 0.113. The Hall–Kier alpha value is -3.14. The van der Waals surface area contributed by atoms with Crippen molar-refractivity contribution in [2.45, 2.75) is 12.5 Å². The Morgan fingerprint density at radius 2 is 1.62 bits per heavy atom. The molecule has 1 aromatic heterocycles. The zero-order valence-electron chi connectivity index (χ0n) is 15.1. The van der Waals surface area contributed by atoms with E-state index >= 15 is 0 Å². The topological polar surface area (TPSA) is 31.7 Å². The highest BCUT2D eigenvalue weighted by Crippen LogP contribution is 2.35. The molecule has 1 atom stereocenters. The van der Waals surface area contributed by atoms with Crippen LogP contribution in [0.1, 0.15) is 23.7 Å². The Labute approximate surface area is 154 Å². The van der Waals surface area contributed by atoms with Gasteiger partial charge in [-0.15, -0.1) is 0 Å². The number of rotatable bonds is 4. The molecule has 0 fully saturated rings. The standard InChI is InChI=1S/C22H22N4/c1-25(2)18-13-11-17(12-14-18)21-16-22(20-10-6-7-15-23-20)26(24-21)19-8-4-3-5-9-19/h3-15,22H,16H2,1-2H3/t22-/m1/s1. The van der Waals surface area contributed by atoms with Crippen LogP contribution in [0.3, 0.4) is 0 Å². The molecular weight excluding hydrogens is 320 g/mol. The number of aromatic nitrogens is 1. The summed E-state index contributed by atoms with van der Waals surface area (Å²) in [5.41, 5.74) is 5.57. The van der Waals surface area contributed by atoms with E-state index in [1.165, 1.54) is 5.69 Å². The van der Waals surface area contributed by atoms with Gasteiger partial charge in [-0.05, 0) is 42.0 Å². The van der Waals surface area contributed by atoms with Gasteiger partial charge in [-0.25, -0.2) is 0 Å². The van der Waals surface area contributed by atoms with Gasteiger partial charge in [0, 0.05) is 32.4 Å². The summed E-state index contributed by atoms with van der Waals surface area (Å²) in [4.78, 5) is 6.68. The van der Waals surface area contributed by atoms with E-state index in [1.54, 1.807) is 0 Å². The van der Waals surface area contributed by atoms with Gasteiger partial charge < -0.3 is 4.90 Å². The van der Waals surface area contributed by atoms with Crippen molar-refractivity contribution in [1.29, 1.82) is 0 Å². The highest BCUT2D eigenvalue weighted by molar-refractivity contribution is 6.03. The van der Waals surface area contributed by atoms with Crippen LogP contribution in [0, 0.1) is 0 Å². The lowest BCUT2D eigenvalue weighted by atomic mass is 10.0. The first-order valence-corrected chi connectivity index (χ1v) is 8.83. The first kappa shape index (κ1) is 16.3. The lowest BCUT2D eigenvalue weighted by Crippen LogP contribution is -2.19. The summed E-state index contributed by atoms with van der Waals surface area (Å²) in [7, 11) is 4.10. The highest BCUT2D eigenvalue weighted by Gasteiger charge is 2.30. The average molecular weight is 342 g/mol. The van der Waals surface area contributed by atoms with E-state index in [0.717, 1.165) is 29.1 Å². The number of pyridine rings is 1. The predicted molar refractivity (Wildman–Crippen MR) is 108 cm³/mol. The first-order valence-electron chi connectivity index (χ1n) is 8.83. The zero-order chi connectivity index (χ0) is 17.9. The van der Waals surface area contributed by atoms with Crippen molar-refractivity contribution < 1.29 is 0 Å². The third-order valence-electron chi connectivity index (χ3n) is 4.68. The van der Waals surface area contributed by atoms with Gasteiger partial charge in [0.15, 0.2) is 0 Å². The van der Waals surface area contributed by atoms with Gasteiger partial charge in [-0.2, -0.15) is 5.10 Å². The summed E-state index contributed by atoms with van der Waals surface area (Å²) >= 11 is 0. The summed E-state index contributed by atoms with van der Waals surface area (Å²) in [6, 6.07) is 25.1. The van der Waals surface area contributed by atoms with Crippen LogP contribution in [-0.4, -0.2) is 24.8 Å². The molecule has 0 radical (unpaired) electrons. The summed E-state index contributed by atoms with van der Waals surface area (Å²) in [6.07, 6.45) is 2.69. The van der Waals surface area contributed by atoms with Gasteiger partial charge in [-0.3, -0.25) is 9.99 Å². The number of hydrogen-bond acceptors (Lipinski definition) is 4. The average Bonchev–Trinajstić information content (AvgIpc) is 3.15. The van der Waals surface area contributed by atoms with Crippen molar-refractivity contribution in [3.63, 3.8) is 0 Å². The van der Waals surface area contributed by atoms with Gasteiger partial charge in [0.2, 0.25) is 0 Å². The third-order valence-corrected chi connectivity index (χ3v) is 4.68. The summed E-state index contributed by atoms with van der Waals surface area (Å²) in [5.74, 6) is 0. The van der Waals surface area contributed by atoms with Crippen molar-refractivity contribution in [3.8, 4) is 0 Å². The highest BCUT2D eigenvalue weighted by atomic mass is 15.5. The van der Waals surface area contributed by atoms with Crippen molar-refractivity contribution in [1.82, 2.24) is 4.98 Å². The van der Waals surface area contributed by atoms with Crippen molar-refractivity contribution in [3.05, 3.63) is 90.3 Å². The van der Waals surface area contributed by atoms with Crippen LogP contribution in [0.15, 0.2) is 84.1 Å². The number of hydrogen-bond donors (Lipinski definition) is 0. The number of para-hydroxylation sites is 1. The van der Waals surface area contributed by atoms with E-state index in [2.05, 4.69) is 71.5 Å². The molecule has 0 spiro atoms. The Bertz CT molecular complexity index is 886. The quantitative estimate of drug-likeness (QED) is 0.699. The SMILES string of the molecule is CN(C)c1ccc(C2=NN(c3ccccc3)[C@@H](c3ccccn3)C2)cc1. The van der Waals surface area contributed by atoms with Crippen molar-refractivity contribution in [2.75, 3.05) is 24.0 Å². The molecule has 26 heavy (non-hydrogen) atoms.